The molecule has 0 saturated heterocycles. The lowest BCUT2D eigenvalue weighted by Crippen LogP contribution is -2.44. The van der Waals surface area contributed by atoms with Crippen molar-refractivity contribution in [3.05, 3.63) is 35.9 Å². The van der Waals surface area contributed by atoms with Gasteiger partial charge in [0.15, 0.2) is 5.96 Å². The summed E-state index contributed by atoms with van der Waals surface area (Å²) < 4.78 is 0. The average molecular weight is 320 g/mol. The van der Waals surface area contributed by atoms with Crippen molar-refractivity contribution < 1.29 is 5.11 Å². The quantitative estimate of drug-likeness (QED) is 0.478. The zero-order chi connectivity index (χ0) is 17.1. The van der Waals surface area contributed by atoms with Gasteiger partial charge in [-0.25, -0.2) is 0 Å². The Morgan fingerprint density at radius 3 is 2.43 bits per heavy atom. The van der Waals surface area contributed by atoms with Crippen LogP contribution in [-0.2, 0) is 0 Å². The molecule has 0 heterocycles. The van der Waals surface area contributed by atoms with E-state index in [1.165, 1.54) is 0 Å². The van der Waals surface area contributed by atoms with Crippen molar-refractivity contribution in [2.45, 2.75) is 32.7 Å². The highest BCUT2D eigenvalue weighted by molar-refractivity contribution is 5.79. The summed E-state index contributed by atoms with van der Waals surface area (Å²) in [5.41, 5.74) is 1.13. The fraction of sp³-hybridized carbons (Fsp3) is 0.611. The lowest BCUT2D eigenvalue weighted by Gasteiger charge is -2.25. The first-order valence-corrected chi connectivity index (χ1v) is 8.46. The number of hydrogen-bond donors (Lipinski definition) is 3. The summed E-state index contributed by atoms with van der Waals surface area (Å²) in [4.78, 5) is 6.65. The molecule has 0 radical (unpaired) electrons. The Morgan fingerprint density at radius 2 is 1.91 bits per heavy atom. The maximum absolute atomic E-state index is 9.60. The molecule has 1 atom stereocenters. The van der Waals surface area contributed by atoms with Crippen LogP contribution >= 0.6 is 0 Å². The van der Waals surface area contributed by atoms with Gasteiger partial charge in [0.2, 0.25) is 0 Å². The summed E-state index contributed by atoms with van der Waals surface area (Å²) in [6.07, 6.45) is 0. The second kappa shape index (κ2) is 11.0. The summed E-state index contributed by atoms with van der Waals surface area (Å²) in [5.74, 6) is 0.844. The minimum absolute atomic E-state index is 0.0672. The van der Waals surface area contributed by atoms with Crippen molar-refractivity contribution in [1.82, 2.24) is 15.5 Å². The second-order valence-corrected chi connectivity index (χ2v) is 5.89. The van der Waals surface area contributed by atoms with E-state index in [1.54, 1.807) is 7.05 Å². The maximum Gasteiger partial charge on any atom is 0.191 e. The zero-order valence-electron chi connectivity index (χ0n) is 14.9. The van der Waals surface area contributed by atoms with Crippen LogP contribution in [0.4, 0.5) is 0 Å². The summed E-state index contributed by atoms with van der Waals surface area (Å²) in [5, 5.41) is 16.2. The molecule has 0 fully saturated rings. The molecule has 1 unspecified atom stereocenters. The summed E-state index contributed by atoms with van der Waals surface area (Å²) in [6.45, 7) is 10.2. The van der Waals surface area contributed by atoms with Gasteiger partial charge in [0, 0.05) is 38.6 Å². The second-order valence-electron chi connectivity index (χ2n) is 5.89. The third-order valence-corrected chi connectivity index (χ3v) is 4.06. The van der Waals surface area contributed by atoms with Gasteiger partial charge in [0.25, 0.3) is 0 Å². The molecular weight excluding hydrogens is 288 g/mol. The van der Waals surface area contributed by atoms with Crippen molar-refractivity contribution in [2.75, 3.05) is 39.8 Å². The number of benzene rings is 1. The Morgan fingerprint density at radius 1 is 1.22 bits per heavy atom. The Bertz CT molecular complexity index is 448. The van der Waals surface area contributed by atoms with E-state index in [4.69, 9.17) is 0 Å². The molecule has 1 aromatic carbocycles. The fourth-order valence-electron chi connectivity index (χ4n) is 2.55. The van der Waals surface area contributed by atoms with Gasteiger partial charge in [-0.2, -0.15) is 0 Å². The van der Waals surface area contributed by atoms with E-state index in [0.29, 0.717) is 12.6 Å². The van der Waals surface area contributed by atoms with Crippen LogP contribution in [0.1, 0.15) is 32.3 Å². The average Bonchev–Trinajstić information content (AvgIpc) is 2.58. The molecule has 5 heteroatoms. The molecule has 5 nitrogen and oxygen atoms in total. The van der Waals surface area contributed by atoms with E-state index in [-0.39, 0.29) is 12.5 Å². The number of aliphatic hydroxyl groups excluding tert-OH is 1. The normalized spacial score (nSPS) is 13.4. The first-order valence-electron chi connectivity index (χ1n) is 8.46. The molecule has 3 N–H and O–H groups in total. The first-order chi connectivity index (χ1) is 11.1. The monoisotopic (exact) mass is 320 g/mol. The standard InChI is InChI=1S/C18H32N4O/c1-5-22(15(2)3)12-11-20-18(19-4)21-13-17(14-23)16-9-7-6-8-10-16/h6-10,15,17,23H,5,11-14H2,1-4H3,(H2,19,20,21). The predicted molar refractivity (Wildman–Crippen MR) is 98.0 cm³/mol. The molecule has 0 aliphatic carbocycles. The van der Waals surface area contributed by atoms with Gasteiger partial charge in [-0.3, -0.25) is 9.89 Å². The van der Waals surface area contributed by atoms with Crippen LogP contribution in [0.25, 0.3) is 0 Å². The van der Waals surface area contributed by atoms with E-state index in [2.05, 4.69) is 41.3 Å². The largest absolute Gasteiger partial charge is 0.396 e. The number of likely N-dealkylation sites (N-methyl/N-ethyl adjacent to an activating group) is 1. The molecule has 23 heavy (non-hydrogen) atoms. The van der Waals surface area contributed by atoms with Crippen LogP contribution in [0.2, 0.25) is 0 Å². The summed E-state index contributed by atoms with van der Waals surface area (Å²) in [6, 6.07) is 10.6. The van der Waals surface area contributed by atoms with Crippen LogP contribution < -0.4 is 10.6 Å². The third-order valence-electron chi connectivity index (χ3n) is 4.06. The third kappa shape index (κ3) is 7.01. The predicted octanol–water partition coefficient (Wildman–Crippen LogP) is 1.66. The Hall–Kier alpha value is -1.59. The van der Waals surface area contributed by atoms with Gasteiger partial charge < -0.3 is 15.7 Å². The minimum atomic E-state index is 0.0672. The molecule has 0 spiro atoms. The summed E-state index contributed by atoms with van der Waals surface area (Å²) in [7, 11) is 1.77. The van der Waals surface area contributed by atoms with Gasteiger partial charge in [0.05, 0.1) is 6.61 Å². The lowest BCUT2D eigenvalue weighted by atomic mass is 10.0. The number of rotatable bonds is 9. The summed E-state index contributed by atoms with van der Waals surface area (Å²) >= 11 is 0. The van der Waals surface area contributed by atoms with Crippen molar-refractivity contribution >= 4 is 5.96 Å². The van der Waals surface area contributed by atoms with Gasteiger partial charge in [-0.1, -0.05) is 37.3 Å². The number of aliphatic imine (C=N–C) groups is 1. The van der Waals surface area contributed by atoms with Crippen LogP contribution in [0.5, 0.6) is 0 Å². The van der Waals surface area contributed by atoms with E-state index in [9.17, 15) is 5.11 Å². The highest BCUT2D eigenvalue weighted by atomic mass is 16.3. The van der Waals surface area contributed by atoms with Crippen LogP contribution in [0, 0.1) is 0 Å². The number of hydrogen-bond acceptors (Lipinski definition) is 3. The van der Waals surface area contributed by atoms with Crippen molar-refractivity contribution in [3.63, 3.8) is 0 Å². The molecule has 1 rings (SSSR count). The van der Waals surface area contributed by atoms with Crippen LogP contribution in [0.3, 0.4) is 0 Å². The van der Waals surface area contributed by atoms with Gasteiger partial charge >= 0.3 is 0 Å². The van der Waals surface area contributed by atoms with E-state index in [1.807, 2.05) is 30.3 Å². The molecule has 0 aliphatic rings. The highest BCUT2D eigenvalue weighted by Gasteiger charge is 2.11. The minimum Gasteiger partial charge on any atom is -0.396 e. The van der Waals surface area contributed by atoms with Crippen molar-refractivity contribution in [3.8, 4) is 0 Å². The molecule has 0 saturated carbocycles. The van der Waals surface area contributed by atoms with Crippen LogP contribution in [-0.4, -0.2) is 61.8 Å². The molecule has 130 valence electrons. The molecule has 0 bridgehead atoms. The van der Waals surface area contributed by atoms with Gasteiger partial charge in [-0.05, 0) is 26.0 Å². The van der Waals surface area contributed by atoms with Gasteiger partial charge in [0.1, 0.15) is 0 Å². The molecular formula is C18H32N4O. The van der Waals surface area contributed by atoms with Crippen molar-refractivity contribution in [1.29, 1.82) is 0 Å². The van der Waals surface area contributed by atoms with Crippen LogP contribution in [0.15, 0.2) is 35.3 Å². The first kappa shape index (κ1) is 19.5. The topological polar surface area (TPSA) is 59.9 Å². The van der Waals surface area contributed by atoms with E-state index in [0.717, 1.165) is 31.2 Å². The van der Waals surface area contributed by atoms with E-state index >= 15 is 0 Å². The SMILES string of the molecule is CCN(CCNC(=NC)NCC(CO)c1ccccc1)C(C)C. The number of guanidine groups is 1. The Balaban J connectivity index is 2.41. The molecule has 0 aromatic heterocycles. The van der Waals surface area contributed by atoms with E-state index < -0.39 is 0 Å². The number of aliphatic hydroxyl groups is 1. The van der Waals surface area contributed by atoms with Crippen molar-refractivity contribution in [2.24, 2.45) is 4.99 Å². The zero-order valence-corrected chi connectivity index (χ0v) is 14.9. The Kier molecular flexibility index (Phi) is 9.33. The fourth-order valence-corrected chi connectivity index (χ4v) is 2.55. The molecule has 0 aliphatic heterocycles. The van der Waals surface area contributed by atoms with Gasteiger partial charge in [-0.15, -0.1) is 0 Å². The smallest absolute Gasteiger partial charge is 0.191 e. The number of nitrogens with zero attached hydrogens (tertiary/aromatic N) is 2. The Labute approximate surface area is 140 Å². The number of nitrogens with one attached hydrogen (secondary N) is 2. The lowest BCUT2D eigenvalue weighted by molar-refractivity contribution is 0.237. The maximum atomic E-state index is 9.60. The highest BCUT2D eigenvalue weighted by Crippen LogP contribution is 2.13. The molecule has 1 aromatic rings. The molecule has 0 amide bonds.